The summed E-state index contributed by atoms with van der Waals surface area (Å²) < 4.78 is 0. The van der Waals surface area contributed by atoms with Crippen molar-refractivity contribution in [2.24, 2.45) is 35.0 Å². The van der Waals surface area contributed by atoms with Crippen molar-refractivity contribution in [3.05, 3.63) is 0 Å². The highest BCUT2D eigenvalue weighted by Gasteiger charge is 2.47. The molecular formula is C19H31N. The summed E-state index contributed by atoms with van der Waals surface area (Å²) in [4.78, 5) is 0. The van der Waals surface area contributed by atoms with Crippen LogP contribution in [0.5, 0.6) is 0 Å². The molecule has 3 aliphatic rings. The Labute approximate surface area is 125 Å². The molecule has 3 aliphatic carbocycles. The first-order valence-electron chi connectivity index (χ1n) is 9.12. The van der Waals surface area contributed by atoms with E-state index < -0.39 is 0 Å². The van der Waals surface area contributed by atoms with Crippen molar-refractivity contribution in [1.82, 2.24) is 0 Å². The second-order valence-electron chi connectivity index (χ2n) is 8.00. The van der Waals surface area contributed by atoms with Crippen molar-refractivity contribution in [1.29, 1.82) is 5.26 Å². The molecule has 4 unspecified atom stereocenters. The first-order valence-corrected chi connectivity index (χ1v) is 9.12. The Bertz CT molecular complexity index is 382. The molecule has 0 radical (unpaired) electrons. The first kappa shape index (κ1) is 14.4. The fraction of sp³-hybridized carbons (Fsp3) is 0.947. The van der Waals surface area contributed by atoms with E-state index in [0.29, 0.717) is 0 Å². The van der Waals surface area contributed by atoms with Crippen LogP contribution in [0, 0.1) is 46.3 Å². The van der Waals surface area contributed by atoms with Gasteiger partial charge < -0.3 is 0 Å². The van der Waals surface area contributed by atoms with Crippen LogP contribution in [0.15, 0.2) is 0 Å². The Morgan fingerprint density at radius 1 is 1.00 bits per heavy atom. The molecule has 0 amide bonds. The molecule has 0 bridgehead atoms. The summed E-state index contributed by atoms with van der Waals surface area (Å²) in [5.74, 6) is 4.92. The van der Waals surface area contributed by atoms with Crippen molar-refractivity contribution in [2.75, 3.05) is 0 Å². The number of hydrogen-bond donors (Lipinski definition) is 0. The lowest BCUT2D eigenvalue weighted by atomic mass is 9.52. The van der Waals surface area contributed by atoms with E-state index in [4.69, 9.17) is 0 Å². The monoisotopic (exact) mass is 273 g/mol. The minimum atomic E-state index is 0.0363. The van der Waals surface area contributed by atoms with Gasteiger partial charge in [-0.25, -0.2) is 0 Å². The smallest absolute Gasteiger partial charge is 0.0689 e. The van der Waals surface area contributed by atoms with E-state index >= 15 is 0 Å². The van der Waals surface area contributed by atoms with E-state index in [1.165, 1.54) is 57.8 Å². The highest BCUT2D eigenvalue weighted by molar-refractivity contribution is 5.05. The molecule has 3 rings (SSSR count). The van der Waals surface area contributed by atoms with E-state index in [1.807, 2.05) is 0 Å². The molecule has 6 atom stereocenters. The predicted octanol–water partition coefficient (Wildman–Crippen LogP) is 5.56. The molecule has 0 aromatic carbocycles. The second kappa shape index (κ2) is 5.70. The maximum atomic E-state index is 9.58. The SMILES string of the molecule is CC[C@H]1CCC2C(CCC3C[C@@](C#N)(CC)CCC32)C1. The van der Waals surface area contributed by atoms with Crippen molar-refractivity contribution < 1.29 is 0 Å². The van der Waals surface area contributed by atoms with Gasteiger partial charge in [-0.3, -0.25) is 0 Å². The average Bonchev–Trinajstić information content (AvgIpc) is 2.53. The highest BCUT2D eigenvalue weighted by Crippen LogP contribution is 2.56. The van der Waals surface area contributed by atoms with Gasteiger partial charge in [0.1, 0.15) is 0 Å². The van der Waals surface area contributed by atoms with E-state index in [0.717, 1.165) is 36.0 Å². The van der Waals surface area contributed by atoms with Gasteiger partial charge in [-0.15, -0.1) is 0 Å². The van der Waals surface area contributed by atoms with E-state index in [9.17, 15) is 5.26 Å². The van der Waals surface area contributed by atoms with Gasteiger partial charge in [-0.2, -0.15) is 5.26 Å². The number of nitrogens with zero attached hydrogens (tertiary/aromatic N) is 1. The molecule has 0 heterocycles. The fourth-order valence-corrected chi connectivity index (χ4v) is 5.89. The molecule has 1 nitrogen and oxygen atoms in total. The third-order valence-electron chi connectivity index (χ3n) is 7.31. The van der Waals surface area contributed by atoms with Crippen LogP contribution in [0.1, 0.15) is 78.1 Å². The third kappa shape index (κ3) is 2.40. The predicted molar refractivity (Wildman–Crippen MR) is 83.0 cm³/mol. The van der Waals surface area contributed by atoms with Crippen LogP contribution < -0.4 is 0 Å². The molecule has 0 aromatic heterocycles. The molecular weight excluding hydrogens is 242 g/mol. The summed E-state index contributed by atoms with van der Waals surface area (Å²) in [6, 6.07) is 2.69. The summed E-state index contributed by atoms with van der Waals surface area (Å²) in [6.45, 7) is 4.60. The van der Waals surface area contributed by atoms with Crippen molar-refractivity contribution in [3.8, 4) is 6.07 Å². The van der Waals surface area contributed by atoms with E-state index in [1.54, 1.807) is 0 Å². The molecule has 0 N–H and O–H groups in total. The molecule has 3 fully saturated rings. The lowest BCUT2D eigenvalue weighted by molar-refractivity contribution is -0.0160. The third-order valence-corrected chi connectivity index (χ3v) is 7.31. The molecule has 3 saturated carbocycles. The minimum absolute atomic E-state index is 0.0363. The van der Waals surface area contributed by atoms with E-state index in [-0.39, 0.29) is 5.41 Å². The molecule has 0 saturated heterocycles. The van der Waals surface area contributed by atoms with Crippen molar-refractivity contribution in [2.45, 2.75) is 78.1 Å². The zero-order chi connectivity index (χ0) is 14.2. The van der Waals surface area contributed by atoms with Gasteiger partial charge in [0.05, 0.1) is 11.5 Å². The molecule has 0 spiro atoms. The summed E-state index contributed by atoms with van der Waals surface area (Å²) in [5.41, 5.74) is 0.0363. The van der Waals surface area contributed by atoms with Gasteiger partial charge in [0, 0.05) is 0 Å². The number of nitriles is 1. The van der Waals surface area contributed by atoms with Crippen molar-refractivity contribution in [3.63, 3.8) is 0 Å². The van der Waals surface area contributed by atoms with Gasteiger partial charge in [0.2, 0.25) is 0 Å². The number of hydrogen-bond acceptors (Lipinski definition) is 1. The zero-order valence-corrected chi connectivity index (χ0v) is 13.4. The molecule has 20 heavy (non-hydrogen) atoms. The summed E-state index contributed by atoms with van der Waals surface area (Å²) in [5, 5.41) is 9.58. The zero-order valence-electron chi connectivity index (χ0n) is 13.4. The lowest BCUT2D eigenvalue weighted by Gasteiger charge is -2.52. The minimum Gasteiger partial charge on any atom is -0.198 e. The molecule has 0 aromatic rings. The standard InChI is InChI=1S/C19H31N/c1-3-14-5-8-17-15(11-14)6-7-16-12-19(4-2,13-20)10-9-18(16)17/h14-18H,3-12H2,1-2H3/t14-,15?,16?,17?,18?,19+/m0/s1. The Kier molecular flexibility index (Phi) is 4.11. The van der Waals surface area contributed by atoms with Crippen LogP contribution in [0.3, 0.4) is 0 Å². The number of fused-ring (bicyclic) bond motifs is 3. The van der Waals surface area contributed by atoms with Gasteiger partial charge in [-0.05, 0) is 81.0 Å². The number of rotatable bonds is 2. The molecule has 0 aliphatic heterocycles. The Balaban J connectivity index is 1.69. The quantitative estimate of drug-likeness (QED) is 0.646. The second-order valence-corrected chi connectivity index (χ2v) is 8.00. The van der Waals surface area contributed by atoms with Crippen LogP contribution in [0.4, 0.5) is 0 Å². The van der Waals surface area contributed by atoms with Gasteiger partial charge >= 0.3 is 0 Å². The van der Waals surface area contributed by atoms with Crippen LogP contribution in [-0.2, 0) is 0 Å². The van der Waals surface area contributed by atoms with Crippen LogP contribution in [0.25, 0.3) is 0 Å². The Hall–Kier alpha value is -0.510. The lowest BCUT2D eigenvalue weighted by Crippen LogP contribution is -2.43. The largest absolute Gasteiger partial charge is 0.198 e. The average molecular weight is 273 g/mol. The van der Waals surface area contributed by atoms with Gasteiger partial charge in [0.15, 0.2) is 0 Å². The van der Waals surface area contributed by atoms with Crippen LogP contribution in [-0.4, -0.2) is 0 Å². The van der Waals surface area contributed by atoms with Crippen molar-refractivity contribution >= 4 is 0 Å². The summed E-state index contributed by atoms with van der Waals surface area (Å²) in [6.07, 6.45) is 13.6. The van der Waals surface area contributed by atoms with Crippen LogP contribution >= 0.6 is 0 Å². The van der Waals surface area contributed by atoms with E-state index in [2.05, 4.69) is 19.9 Å². The fourth-order valence-electron chi connectivity index (χ4n) is 5.89. The van der Waals surface area contributed by atoms with Gasteiger partial charge in [0.25, 0.3) is 0 Å². The topological polar surface area (TPSA) is 23.8 Å². The Morgan fingerprint density at radius 3 is 2.45 bits per heavy atom. The summed E-state index contributed by atoms with van der Waals surface area (Å²) >= 11 is 0. The maximum Gasteiger partial charge on any atom is 0.0689 e. The van der Waals surface area contributed by atoms with Gasteiger partial charge in [-0.1, -0.05) is 26.7 Å². The highest BCUT2D eigenvalue weighted by atomic mass is 14.5. The normalized spacial score (nSPS) is 48.0. The first-order chi connectivity index (χ1) is 9.71. The maximum absolute atomic E-state index is 9.58. The molecule has 1 heteroatoms. The molecule has 112 valence electrons. The Morgan fingerprint density at radius 2 is 1.75 bits per heavy atom. The van der Waals surface area contributed by atoms with Crippen LogP contribution in [0.2, 0.25) is 0 Å². The summed E-state index contributed by atoms with van der Waals surface area (Å²) in [7, 11) is 0.